The highest BCUT2D eigenvalue weighted by Crippen LogP contribution is 2.35. The fourth-order valence-corrected chi connectivity index (χ4v) is 4.14. The minimum absolute atomic E-state index is 0.358. The lowest BCUT2D eigenvalue weighted by Gasteiger charge is -2.03. The van der Waals surface area contributed by atoms with Crippen molar-refractivity contribution < 1.29 is 4.21 Å². The molecule has 24 heavy (non-hydrogen) atoms. The Morgan fingerprint density at radius 3 is 2.75 bits per heavy atom. The molecule has 0 bridgehead atoms. The summed E-state index contributed by atoms with van der Waals surface area (Å²) < 4.78 is 14.4. The summed E-state index contributed by atoms with van der Waals surface area (Å²) >= 11 is 7.51. The highest BCUT2D eigenvalue weighted by molar-refractivity contribution is 7.84. The molecule has 0 spiro atoms. The first-order valence-corrected chi connectivity index (χ1v) is 9.63. The number of rotatable bonds is 3. The minimum Gasteiger partial charge on any atom is -0.257 e. The molecule has 6 nitrogen and oxygen atoms in total. The Balaban J connectivity index is 1.90. The fraction of sp³-hybridized carbons (Fsp3) is 0.0667. The molecule has 9 heteroatoms. The van der Waals surface area contributed by atoms with Crippen LogP contribution in [0.2, 0.25) is 5.02 Å². The van der Waals surface area contributed by atoms with E-state index in [2.05, 4.69) is 20.2 Å². The van der Waals surface area contributed by atoms with E-state index in [1.807, 2.05) is 30.3 Å². The van der Waals surface area contributed by atoms with E-state index < -0.39 is 10.8 Å². The number of hydrogen-bond donors (Lipinski definition) is 0. The molecule has 0 aliphatic carbocycles. The molecular formula is C15H10ClN5OS2. The predicted octanol–water partition coefficient (Wildman–Crippen LogP) is 3.33. The summed E-state index contributed by atoms with van der Waals surface area (Å²) in [5.74, 6) is 0.625. The van der Waals surface area contributed by atoms with Gasteiger partial charge in [0.2, 0.25) is 5.16 Å². The molecule has 0 fully saturated rings. The predicted molar refractivity (Wildman–Crippen MR) is 95.1 cm³/mol. The van der Waals surface area contributed by atoms with E-state index in [-0.39, 0.29) is 0 Å². The van der Waals surface area contributed by atoms with Crippen molar-refractivity contribution in [3.63, 3.8) is 0 Å². The summed E-state index contributed by atoms with van der Waals surface area (Å²) in [6.45, 7) is 0. The highest BCUT2D eigenvalue weighted by Gasteiger charge is 2.16. The normalized spacial score (nSPS) is 12.6. The molecule has 0 radical (unpaired) electrons. The summed E-state index contributed by atoms with van der Waals surface area (Å²) in [5, 5.41) is 8.82. The van der Waals surface area contributed by atoms with E-state index >= 15 is 0 Å². The molecule has 0 aliphatic rings. The van der Waals surface area contributed by atoms with Crippen LogP contribution in [0.5, 0.6) is 0 Å². The molecule has 1 atom stereocenters. The lowest BCUT2D eigenvalue weighted by atomic mass is 10.2. The first-order chi connectivity index (χ1) is 11.6. The van der Waals surface area contributed by atoms with E-state index in [4.69, 9.17) is 11.6 Å². The zero-order chi connectivity index (χ0) is 16.7. The Labute approximate surface area is 148 Å². The average molecular weight is 376 g/mol. The van der Waals surface area contributed by atoms with Crippen LogP contribution in [-0.2, 0) is 10.8 Å². The van der Waals surface area contributed by atoms with E-state index in [1.54, 1.807) is 22.2 Å². The molecule has 1 unspecified atom stereocenters. The number of benzene rings is 1. The molecule has 0 amide bonds. The monoisotopic (exact) mass is 375 g/mol. The molecule has 0 saturated heterocycles. The van der Waals surface area contributed by atoms with E-state index in [0.717, 1.165) is 20.7 Å². The van der Waals surface area contributed by atoms with Crippen molar-refractivity contribution in [1.29, 1.82) is 0 Å². The molecule has 4 rings (SSSR count). The van der Waals surface area contributed by atoms with Crippen molar-refractivity contribution in [3.8, 4) is 16.3 Å². The number of halogens is 1. The average Bonchev–Trinajstić information content (AvgIpc) is 3.22. The van der Waals surface area contributed by atoms with Crippen LogP contribution in [0.25, 0.3) is 26.5 Å². The second kappa shape index (κ2) is 6.04. The van der Waals surface area contributed by atoms with Crippen LogP contribution < -0.4 is 0 Å². The summed E-state index contributed by atoms with van der Waals surface area (Å²) in [6.07, 6.45) is 4.56. The Morgan fingerprint density at radius 1 is 1.21 bits per heavy atom. The number of aromatic nitrogens is 5. The number of nitrogens with zero attached hydrogens (tertiary/aromatic N) is 5. The third-order valence-electron chi connectivity index (χ3n) is 3.42. The Hall–Kier alpha value is -2.16. The Morgan fingerprint density at radius 2 is 2.00 bits per heavy atom. The van der Waals surface area contributed by atoms with E-state index in [1.165, 1.54) is 12.7 Å². The second-order valence-electron chi connectivity index (χ2n) is 4.97. The standard InChI is InChI=1S/C15H10ClN5OS2/c1-24(22)15-20-19-8-21(15)14-13-11(17-7-18-14)6-12(23-13)9-2-4-10(16)5-3-9/h2-8H,1H3. The number of thiophene rings is 1. The second-order valence-corrected chi connectivity index (χ2v) is 7.73. The van der Waals surface area contributed by atoms with Crippen molar-refractivity contribution in [3.05, 3.63) is 48.0 Å². The van der Waals surface area contributed by atoms with Crippen LogP contribution in [0.1, 0.15) is 0 Å². The third kappa shape index (κ3) is 2.62. The molecule has 0 saturated carbocycles. The fourth-order valence-electron chi connectivity index (χ4n) is 2.34. The van der Waals surface area contributed by atoms with Gasteiger partial charge < -0.3 is 0 Å². The van der Waals surface area contributed by atoms with Crippen LogP contribution in [0.4, 0.5) is 0 Å². The summed E-state index contributed by atoms with van der Waals surface area (Å²) in [4.78, 5) is 9.72. The smallest absolute Gasteiger partial charge is 0.226 e. The minimum atomic E-state index is -1.27. The van der Waals surface area contributed by atoms with Crippen molar-refractivity contribution in [2.24, 2.45) is 0 Å². The lowest BCUT2D eigenvalue weighted by molar-refractivity contribution is 0.675. The van der Waals surface area contributed by atoms with Crippen LogP contribution in [-0.4, -0.2) is 35.2 Å². The van der Waals surface area contributed by atoms with Crippen molar-refractivity contribution in [2.45, 2.75) is 5.16 Å². The summed E-state index contributed by atoms with van der Waals surface area (Å²) in [7, 11) is -1.27. The first-order valence-electron chi connectivity index (χ1n) is 6.88. The topological polar surface area (TPSA) is 73.6 Å². The SMILES string of the molecule is CS(=O)c1nncn1-c1ncnc2cc(-c3ccc(Cl)cc3)sc12. The molecule has 0 N–H and O–H groups in total. The van der Waals surface area contributed by atoms with Crippen LogP contribution in [0.15, 0.2) is 48.1 Å². The van der Waals surface area contributed by atoms with Crippen LogP contribution in [0.3, 0.4) is 0 Å². The zero-order valence-corrected chi connectivity index (χ0v) is 14.8. The molecule has 0 aliphatic heterocycles. The lowest BCUT2D eigenvalue weighted by Crippen LogP contribution is -2.04. The number of fused-ring (bicyclic) bond motifs is 1. The maximum Gasteiger partial charge on any atom is 0.226 e. The van der Waals surface area contributed by atoms with Crippen molar-refractivity contribution in [2.75, 3.05) is 6.26 Å². The van der Waals surface area contributed by atoms with Gasteiger partial charge in [-0.3, -0.25) is 8.78 Å². The quantitative estimate of drug-likeness (QED) is 0.549. The maximum absolute atomic E-state index is 11.8. The van der Waals surface area contributed by atoms with Gasteiger partial charge in [0.25, 0.3) is 0 Å². The third-order valence-corrected chi connectivity index (χ3v) is 5.64. The van der Waals surface area contributed by atoms with Gasteiger partial charge in [-0.25, -0.2) is 9.97 Å². The summed E-state index contributed by atoms with van der Waals surface area (Å²) in [5.41, 5.74) is 1.87. The van der Waals surface area contributed by atoms with Crippen molar-refractivity contribution in [1.82, 2.24) is 24.7 Å². The van der Waals surface area contributed by atoms with Gasteiger partial charge in [0.05, 0.1) is 21.0 Å². The van der Waals surface area contributed by atoms with Gasteiger partial charge >= 0.3 is 0 Å². The maximum atomic E-state index is 11.8. The summed E-state index contributed by atoms with van der Waals surface area (Å²) in [6, 6.07) is 9.64. The van der Waals surface area contributed by atoms with Crippen LogP contribution in [0, 0.1) is 0 Å². The zero-order valence-electron chi connectivity index (χ0n) is 12.4. The van der Waals surface area contributed by atoms with Gasteiger partial charge in [-0.15, -0.1) is 21.5 Å². The molecule has 1 aromatic carbocycles. The van der Waals surface area contributed by atoms with Gasteiger partial charge in [-0.2, -0.15) is 0 Å². The van der Waals surface area contributed by atoms with E-state index in [9.17, 15) is 4.21 Å². The molecule has 3 aromatic heterocycles. The van der Waals surface area contributed by atoms with Gasteiger partial charge in [-0.05, 0) is 23.8 Å². The van der Waals surface area contributed by atoms with Crippen molar-refractivity contribution >= 4 is 44.0 Å². The molecule has 4 aromatic rings. The van der Waals surface area contributed by atoms with Gasteiger partial charge in [0, 0.05) is 16.2 Å². The molecular weight excluding hydrogens is 366 g/mol. The largest absolute Gasteiger partial charge is 0.257 e. The highest BCUT2D eigenvalue weighted by atomic mass is 35.5. The molecule has 120 valence electrons. The number of hydrogen-bond acceptors (Lipinski definition) is 6. The van der Waals surface area contributed by atoms with Gasteiger partial charge in [0.1, 0.15) is 12.7 Å². The van der Waals surface area contributed by atoms with E-state index in [0.29, 0.717) is 16.0 Å². The van der Waals surface area contributed by atoms with Gasteiger partial charge in [0.15, 0.2) is 5.82 Å². The molecule has 3 heterocycles. The Bertz CT molecular complexity index is 1060. The van der Waals surface area contributed by atoms with Gasteiger partial charge in [-0.1, -0.05) is 23.7 Å². The van der Waals surface area contributed by atoms with Crippen LogP contribution >= 0.6 is 22.9 Å². The Kier molecular flexibility index (Phi) is 3.87. The first kappa shape index (κ1) is 15.4.